The van der Waals surface area contributed by atoms with Crippen molar-refractivity contribution in [2.75, 3.05) is 7.11 Å². The third kappa shape index (κ3) is 4.28. The summed E-state index contributed by atoms with van der Waals surface area (Å²) in [7, 11) is 1.62. The fourth-order valence-corrected chi connectivity index (χ4v) is 3.71. The zero-order valence-electron chi connectivity index (χ0n) is 16.2. The molecule has 0 amide bonds. The molecule has 0 saturated heterocycles. The predicted molar refractivity (Wildman–Crippen MR) is 116 cm³/mol. The van der Waals surface area contributed by atoms with Gasteiger partial charge in [-0.2, -0.15) is 9.50 Å². The molecule has 2 heterocycles. The van der Waals surface area contributed by atoms with Gasteiger partial charge in [0.05, 0.1) is 11.6 Å². The van der Waals surface area contributed by atoms with Crippen molar-refractivity contribution < 1.29 is 14.3 Å². The van der Waals surface area contributed by atoms with Gasteiger partial charge in [-0.05, 0) is 47.5 Å². The summed E-state index contributed by atoms with van der Waals surface area (Å²) in [6, 6.07) is 14.5. The smallest absolute Gasteiger partial charge is 0.308 e. The SMILES string of the molecule is COc1ccc(/C=C/c2nc3s/c(=C\c4cccc(OC(C)=O)c4)c(=O)n3n2)cc1. The lowest BCUT2D eigenvalue weighted by Crippen LogP contribution is -2.23. The van der Waals surface area contributed by atoms with Crippen LogP contribution in [0.15, 0.2) is 53.3 Å². The van der Waals surface area contributed by atoms with Crippen LogP contribution in [-0.2, 0) is 4.79 Å². The monoisotopic (exact) mass is 419 g/mol. The number of carbonyl (C=O) groups excluding carboxylic acids is 1. The topological polar surface area (TPSA) is 82.8 Å². The highest BCUT2D eigenvalue weighted by atomic mass is 32.1. The number of hydrogen-bond acceptors (Lipinski definition) is 7. The van der Waals surface area contributed by atoms with E-state index in [2.05, 4.69) is 10.1 Å². The van der Waals surface area contributed by atoms with Gasteiger partial charge in [-0.15, -0.1) is 5.10 Å². The van der Waals surface area contributed by atoms with Crippen molar-refractivity contribution in [2.24, 2.45) is 0 Å². The number of aromatic nitrogens is 3. The summed E-state index contributed by atoms with van der Waals surface area (Å²) in [6.07, 6.45) is 5.35. The quantitative estimate of drug-likeness (QED) is 0.365. The molecular weight excluding hydrogens is 402 g/mol. The number of thiazole rings is 1. The Kier molecular flexibility index (Phi) is 5.40. The molecule has 0 aliphatic heterocycles. The van der Waals surface area contributed by atoms with Crippen LogP contribution in [0.25, 0.3) is 23.2 Å². The number of rotatable bonds is 5. The second-order valence-electron chi connectivity index (χ2n) is 6.35. The first-order valence-corrected chi connectivity index (χ1v) is 9.85. The Bertz CT molecular complexity index is 1350. The molecule has 0 radical (unpaired) electrons. The van der Waals surface area contributed by atoms with Crippen molar-refractivity contribution in [3.05, 3.63) is 80.4 Å². The van der Waals surface area contributed by atoms with E-state index < -0.39 is 5.97 Å². The molecule has 0 atom stereocenters. The Morgan fingerprint density at radius 1 is 1.07 bits per heavy atom. The van der Waals surface area contributed by atoms with Crippen molar-refractivity contribution in [3.63, 3.8) is 0 Å². The van der Waals surface area contributed by atoms with E-state index >= 15 is 0 Å². The van der Waals surface area contributed by atoms with Crippen molar-refractivity contribution in [1.82, 2.24) is 14.6 Å². The van der Waals surface area contributed by atoms with E-state index in [-0.39, 0.29) is 5.56 Å². The normalized spacial score (nSPS) is 12.0. The molecule has 0 saturated carbocycles. The average molecular weight is 419 g/mol. The third-order valence-corrected chi connectivity index (χ3v) is 5.12. The molecule has 0 aliphatic rings. The molecule has 0 bridgehead atoms. The predicted octanol–water partition coefficient (Wildman–Crippen LogP) is 2.80. The van der Waals surface area contributed by atoms with Gasteiger partial charge in [0, 0.05) is 6.92 Å². The minimum absolute atomic E-state index is 0.246. The summed E-state index contributed by atoms with van der Waals surface area (Å²) in [5.74, 6) is 1.27. The minimum atomic E-state index is -0.398. The molecule has 8 heteroatoms. The first kappa shape index (κ1) is 19.5. The maximum Gasteiger partial charge on any atom is 0.308 e. The Morgan fingerprint density at radius 3 is 2.57 bits per heavy atom. The van der Waals surface area contributed by atoms with Crippen LogP contribution in [0, 0.1) is 0 Å². The van der Waals surface area contributed by atoms with Crippen molar-refractivity contribution in [2.45, 2.75) is 6.92 Å². The Hall–Kier alpha value is -3.78. The van der Waals surface area contributed by atoms with E-state index in [1.807, 2.05) is 36.4 Å². The summed E-state index contributed by atoms with van der Waals surface area (Å²) in [4.78, 5) is 28.7. The van der Waals surface area contributed by atoms with Gasteiger partial charge >= 0.3 is 5.97 Å². The lowest BCUT2D eigenvalue weighted by molar-refractivity contribution is -0.131. The van der Waals surface area contributed by atoms with E-state index in [9.17, 15) is 9.59 Å². The van der Waals surface area contributed by atoms with E-state index in [0.717, 1.165) is 16.9 Å². The third-order valence-electron chi connectivity index (χ3n) is 4.16. The van der Waals surface area contributed by atoms with Crippen LogP contribution < -0.4 is 19.6 Å². The first-order valence-electron chi connectivity index (χ1n) is 9.04. The van der Waals surface area contributed by atoms with Crippen LogP contribution in [0.5, 0.6) is 11.5 Å². The van der Waals surface area contributed by atoms with E-state index in [0.29, 0.717) is 21.1 Å². The molecular formula is C22H17N3O4S. The van der Waals surface area contributed by atoms with Gasteiger partial charge in [-0.3, -0.25) is 9.59 Å². The van der Waals surface area contributed by atoms with Crippen LogP contribution in [0.3, 0.4) is 0 Å². The molecule has 4 aromatic rings. The highest BCUT2D eigenvalue weighted by molar-refractivity contribution is 7.15. The number of nitrogens with zero attached hydrogens (tertiary/aromatic N) is 3. The number of benzene rings is 2. The molecule has 0 fully saturated rings. The van der Waals surface area contributed by atoms with E-state index in [1.54, 1.807) is 37.5 Å². The number of esters is 1. The summed E-state index contributed by atoms with van der Waals surface area (Å²) < 4.78 is 12.0. The first-order chi connectivity index (χ1) is 14.5. The average Bonchev–Trinajstić information content (AvgIpc) is 3.25. The molecule has 150 valence electrons. The maximum atomic E-state index is 12.7. The number of methoxy groups -OCH3 is 1. The number of hydrogen-bond donors (Lipinski definition) is 0. The lowest BCUT2D eigenvalue weighted by atomic mass is 10.2. The van der Waals surface area contributed by atoms with Crippen molar-refractivity contribution in [1.29, 1.82) is 0 Å². The standard InChI is InChI=1S/C22H17N3O4S/c1-14(26)29-18-5-3-4-16(12-18)13-19-21(27)25-22(30-19)23-20(24-25)11-8-15-6-9-17(28-2)10-7-15/h3-13H,1-2H3/b11-8+,19-13-. The summed E-state index contributed by atoms with van der Waals surface area (Å²) in [6.45, 7) is 1.34. The van der Waals surface area contributed by atoms with Crippen molar-refractivity contribution >= 4 is 40.5 Å². The number of ether oxygens (including phenoxy) is 2. The van der Waals surface area contributed by atoms with Crippen LogP contribution in [0.2, 0.25) is 0 Å². The summed E-state index contributed by atoms with van der Waals surface area (Å²) >= 11 is 1.25. The molecule has 2 aromatic carbocycles. The molecule has 0 N–H and O–H groups in total. The second kappa shape index (κ2) is 8.30. The Morgan fingerprint density at radius 2 is 1.87 bits per heavy atom. The summed E-state index contributed by atoms with van der Waals surface area (Å²) in [5.41, 5.74) is 1.47. The molecule has 0 spiro atoms. The van der Waals surface area contributed by atoms with Gasteiger partial charge in [0.1, 0.15) is 11.5 Å². The van der Waals surface area contributed by atoms with Crippen LogP contribution in [0.1, 0.15) is 23.9 Å². The van der Waals surface area contributed by atoms with Crippen LogP contribution >= 0.6 is 11.3 Å². The zero-order valence-corrected chi connectivity index (χ0v) is 17.1. The zero-order chi connectivity index (χ0) is 21.1. The molecule has 2 aromatic heterocycles. The van der Waals surface area contributed by atoms with Gasteiger partial charge in [0.25, 0.3) is 5.56 Å². The Balaban J connectivity index is 1.60. The molecule has 4 rings (SSSR count). The van der Waals surface area contributed by atoms with Crippen molar-refractivity contribution in [3.8, 4) is 11.5 Å². The highest BCUT2D eigenvalue weighted by Crippen LogP contribution is 2.15. The maximum absolute atomic E-state index is 12.7. The van der Waals surface area contributed by atoms with Gasteiger partial charge in [-0.25, -0.2) is 0 Å². The van der Waals surface area contributed by atoms with E-state index in [4.69, 9.17) is 9.47 Å². The van der Waals surface area contributed by atoms with Crippen LogP contribution in [-0.4, -0.2) is 27.7 Å². The van der Waals surface area contributed by atoms with Gasteiger partial charge < -0.3 is 9.47 Å². The fourth-order valence-electron chi connectivity index (χ4n) is 2.79. The van der Waals surface area contributed by atoms with Crippen LogP contribution in [0.4, 0.5) is 0 Å². The molecule has 7 nitrogen and oxygen atoms in total. The lowest BCUT2D eigenvalue weighted by Gasteiger charge is -2.01. The van der Waals surface area contributed by atoms with E-state index in [1.165, 1.54) is 22.8 Å². The highest BCUT2D eigenvalue weighted by Gasteiger charge is 2.09. The Labute approximate surface area is 175 Å². The minimum Gasteiger partial charge on any atom is -0.497 e. The van der Waals surface area contributed by atoms with Gasteiger partial charge in [0.15, 0.2) is 5.82 Å². The number of fused-ring (bicyclic) bond motifs is 1. The molecule has 0 aliphatic carbocycles. The number of carbonyl (C=O) groups is 1. The second-order valence-corrected chi connectivity index (χ2v) is 7.36. The summed E-state index contributed by atoms with van der Waals surface area (Å²) in [5, 5.41) is 4.28. The molecule has 30 heavy (non-hydrogen) atoms. The largest absolute Gasteiger partial charge is 0.497 e. The van der Waals surface area contributed by atoms with Gasteiger partial charge in [0.2, 0.25) is 4.96 Å². The van der Waals surface area contributed by atoms with Gasteiger partial charge in [-0.1, -0.05) is 41.7 Å². The molecule has 0 unspecified atom stereocenters. The fraction of sp³-hybridized carbons (Fsp3) is 0.0909.